The minimum atomic E-state index is -0.433. The highest BCUT2D eigenvalue weighted by Crippen LogP contribution is 2.43. The zero-order chi connectivity index (χ0) is 19.7. The van der Waals surface area contributed by atoms with Gasteiger partial charge in [-0.1, -0.05) is 11.8 Å². The standard InChI is InChI=1S/C18H22N6O2S2/c1-2-26-16(25)14-13(12(9-19)15(20)28-14)10-27-18-22-21-17(23-7-3-4-8-23)24(18)11-5-6-11/h11H,2-8,10,20H2,1H3. The van der Waals surface area contributed by atoms with Gasteiger partial charge in [0.2, 0.25) is 5.95 Å². The van der Waals surface area contributed by atoms with E-state index in [1.807, 2.05) is 0 Å². The van der Waals surface area contributed by atoms with Gasteiger partial charge in [-0.3, -0.25) is 4.57 Å². The summed E-state index contributed by atoms with van der Waals surface area (Å²) < 4.78 is 7.36. The Labute approximate surface area is 171 Å². The Morgan fingerprint density at radius 2 is 2.14 bits per heavy atom. The molecule has 0 unspecified atom stereocenters. The lowest BCUT2D eigenvalue weighted by atomic mass is 10.2. The van der Waals surface area contributed by atoms with Crippen molar-refractivity contribution in [3.05, 3.63) is 16.0 Å². The second-order valence-electron chi connectivity index (χ2n) is 6.85. The van der Waals surface area contributed by atoms with Crippen LogP contribution in [0.15, 0.2) is 5.16 Å². The first-order valence-corrected chi connectivity index (χ1v) is 11.2. The average molecular weight is 419 g/mol. The van der Waals surface area contributed by atoms with Gasteiger partial charge < -0.3 is 15.4 Å². The van der Waals surface area contributed by atoms with Crippen molar-refractivity contribution < 1.29 is 9.53 Å². The molecule has 2 aromatic heterocycles. The predicted molar refractivity (Wildman–Crippen MR) is 109 cm³/mol. The molecule has 1 saturated heterocycles. The fourth-order valence-corrected chi connectivity index (χ4v) is 5.45. The lowest BCUT2D eigenvalue weighted by Crippen LogP contribution is -2.22. The number of esters is 1. The van der Waals surface area contributed by atoms with E-state index in [-0.39, 0.29) is 6.61 Å². The molecule has 1 saturated carbocycles. The average Bonchev–Trinajstić information content (AvgIpc) is 3.09. The first-order chi connectivity index (χ1) is 13.6. The van der Waals surface area contributed by atoms with Crippen molar-refractivity contribution in [2.45, 2.75) is 49.6 Å². The summed E-state index contributed by atoms with van der Waals surface area (Å²) in [4.78, 5) is 15.0. The number of hydrogen-bond acceptors (Lipinski definition) is 9. The van der Waals surface area contributed by atoms with E-state index < -0.39 is 5.97 Å². The van der Waals surface area contributed by atoms with E-state index in [0.717, 1.165) is 48.4 Å². The summed E-state index contributed by atoms with van der Waals surface area (Å²) in [6.45, 7) is 4.07. The van der Waals surface area contributed by atoms with Gasteiger partial charge in [0.25, 0.3) is 0 Å². The number of anilines is 2. The van der Waals surface area contributed by atoms with Crippen LogP contribution < -0.4 is 10.6 Å². The van der Waals surface area contributed by atoms with Gasteiger partial charge in [-0.15, -0.1) is 21.5 Å². The molecule has 8 nitrogen and oxygen atoms in total. The Hall–Kier alpha value is -2.25. The monoisotopic (exact) mass is 418 g/mol. The van der Waals surface area contributed by atoms with Crippen molar-refractivity contribution in [2.24, 2.45) is 0 Å². The van der Waals surface area contributed by atoms with Crippen molar-refractivity contribution in [3.63, 3.8) is 0 Å². The van der Waals surface area contributed by atoms with Gasteiger partial charge in [-0.2, -0.15) is 5.26 Å². The molecule has 0 atom stereocenters. The van der Waals surface area contributed by atoms with Gasteiger partial charge in [0.1, 0.15) is 15.9 Å². The summed E-state index contributed by atoms with van der Waals surface area (Å²) in [5, 5.41) is 19.5. The van der Waals surface area contributed by atoms with Crippen LogP contribution in [0.5, 0.6) is 0 Å². The first-order valence-electron chi connectivity index (χ1n) is 9.45. The number of aromatic nitrogens is 3. The van der Waals surface area contributed by atoms with E-state index in [4.69, 9.17) is 10.5 Å². The van der Waals surface area contributed by atoms with Crippen LogP contribution in [-0.2, 0) is 10.5 Å². The number of nitrogens with two attached hydrogens (primary N) is 1. The maximum atomic E-state index is 12.3. The molecule has 0 aromatic carbocycles. The molecule has 3 heterocycles. The third-order valence-corrected chi connectivity index (χ3v) is 6.91. The van der Waals surface area contributed by atoms with E-state index in [1.165, 1.54) is 24.6 Å². The molecule has 28 heavy (non-hydrogen) atoms. The number of hydrogen-bond donors (Lipinski definition) is 1. The summed E-state index contributed by atoms with van der Waals surface area (Å²) in [7, 11) is 0. The number of carbonyl (C=O) groups is 1. The molecular weight excluding hydrogens is 396 g/mol. The molecule has 0 radical (unpaired) electrons. The minimum absolute atomic E-state index is 0.278. The zero-order valence-corrected chi connectivity index (χ0v) is 17.3. The van der Waals surface area contributed by atoms with Gasteiger partial charge in [0.05, 0.1) is 12.2 Å². The Balaban J connectivity index is 1.60. The summed E-state index contributed by atoms with van der Waals surface area (Å²) in [6.07, 6.45) is 4.63. The van der Waals surface area contributed by atoms with Gasteiger partial charge in [0.15, 0.2) is 5.16 Å². The third-order valence-electron chi connectivity index (χ3n) is 4.90. The van der Waals surface area contributed by atoms with E-state index in [9.17, 15) is 10.1 Å². The molecule has 4 rings (SSSR count). The maximum Gasteiger partial charge on any atom is 0.348 e. The number of thiophene rings is 1. The molecule has 2 aliphatic rings. The number of nitriles is 1. The molecule has 0 amide bonds. The topological polar surface area (TPSA) is 110 Å². The lowest BCUT2D eigenvalue weighted by Gasteiger charge is -2.18. The van der Waals surface area contributed by atoms with Gasteiger partial charge >= 0.3 is 5.97 Å². The van der Waals surface area contributed by atoms with E-state index >= 15 is 0 Å². The third kappa shape index (κ3) is 3.56. The van der Waals surface area contributed by atoms with Crippen molar-refractivity contribution in [1.29, 1.82) is 5.26 Å². The highest BCUT2D eigenvalue weighted by molar-refractivity contribution is 7.98. The van der Waals surface area contributed by atoms with E-state index in [2.05, 4.69) is 25.7 Å². The number of ether oxygens (including phenoxy) is 1. The molecule has 2 N–H and O–H groups in total. The smallest absolute Gasteiger partial charge is 0.348 e. The van der Waals surface area contributed by atoms with Crippen LogP contribution in [-0.4, -0.2) is 40.4 Å². The molecule has 10 heteroatoms. The van der Waals surface area contributed by atoms with Crippen LogP contribution in [0.3, 0.4) is 0 Å². The van der Waals surface area contributed by atoms with Crippen molar-refractivity contribution >= 4 is 40.0 Å². The summed E-state index contributed by atoms with van der Waals surface area (Å²) in [5.41, 5.74) is 6.96. The molecular formula is C18H22N6O2S2. The summed E-state index contributed by atoms with van der Waals surface area (Å²) in [6, 6.07) is 2.58. The van der Waals surface area contributed by atoms with Gasteiger partial charge in [-0.25, -0.2) is 4.79 Å². The quantitative estimate of drug-likeness (QED) is 0.539. The highest BCUT2D eigenvalue weighted by atomic mass is 32.2. The number of carbonyl (C=O) groups excluding carboxylic acids is 1. The molecule has 1 aliphatic heterocycles. The fraction of sp³-hybridized carbons (Fsp3) is 0.556. The largest absolute Gasteiger partial charge is 0.462 e. The Bertz CT molecular complexity index is 921. The van der Waals surface area contributed by atoms with Crippen LogP contribution in [0.1, 0.15) is 59.4 Å². The molecule has 1 aliphatic carbocycles. The Morgan fingerprint density at radius 1 is 1.39 bits per heavy atom. The SMILES string of the molecule is CCOC(=O)c1sc(N)c(C#N)c1CSc1nnc(N2CCCC2)n1C1CC1. The molecule has 2 fully saturated rings. The van der Waals surface area contributed by atoms with Crippen LogP contribution in [0, 0.1) is 11.3 Å². The minimum Gasteiger partial charge on any atom is -0.462 e. The van der Waals surface area contributed by atoms with Crippen molar-refractivity contribution in [3.8, 4) is 6.07 Å². The van der Waals surface area contributed by atoms with Gasteiger partial charge in [0, 0.05) is 30.4 Å². The molecule has 148 valence electrons. The second kappa shape index (κ2) is 8.01. The highest BCUT2D eigenvalue weighted by Gasteiger charge is 2.33. The molecule has 0 bridgehead atoms. The number of nitrogens with zero attached hydrogens (tertiary/aromatic N) is 5. The maximum absolute atomic E-state index is 12.3. The molecule has 0 spiro atoms. The summed E-state index contributed by atoms with van der Waals surface area (Å²) >= 11 is 2.61. The number of nitrogen functional groups attached to an aromatic ring is 1. The Kier molecular flexibility index (Phi) is 5.46. The normalized spacial score (nSPS) is 16.4. The lowest BCUT2D eigenvalue weighted by molar-refractivity contribution is 0.0531. The van der Waals surface area contributed by atoms with E-state index in [0.29, 0.717) is 32.8 Å². The fourth-order valence-electron chi connectivity index (χ4n) is 3.40. The number of rotatable bonds is 7. The zero-order valence-electron chi connectivity index (χ0n) is 15.7. The van der Waals surface area contributed by atoms with Crippen LogP contribution in [0.2, 0.25) is 0 Å². The van der Waals surface area contributed by atoms with Crippen LogP contribution in [0.25, 0.3) is 0 Å². The van der Waals surface area contributed by atoms with Crippen LogP contribution >= 0.6 is 23.1 Å². The predicted octanol–water partition coefficient (Wildman–Crippen LogP) is 3.20. The van der Waals surface area contributed by atoms with Crippen molar-refractivity contribution in [1.82, 2.24) is 14.8 Å². The number of thioether (sulfide) groups is 1. The second-order valence-corrected chi connectivity index (χ2v) is 8.84. The van der Waals surface area contributed by atoms with E-state index in [1.54, 1.807) is 6.92 Å². The molecule has 2 aromatic rings. The first kappa shape index (κ1) is 19.1. The van der Waals surface area contributed by atoms with Gasteiger partial charge in [-0.05, 0) is 32.6 Å². The summed E-state index contributed by atoms with van der Waals surface area (Å²) in [5.74, 6) is 0.937. The Morgan fingerprint density at radius 3 is 2.79 bits per heavy atom. The van der Waals surface area contributed by atoms with Crippen LogP contribution in [0.4, 0.5) is 10.9 Å². The van der Waals surface area contributed by atoms with Crippen molar-refractivity contribution in [2.75, 3.05) is 30.3 Å².